The van der Waals surface area contributed by atoms with Gasteiger partial charge in [-0.25, -0.2) is 4.98 Å². The molecule has 23 heavy (non-hydrogen) atoms. The molecule has 0 aliphatic carbocycles. The average molecular weight is 313 g/mol. The van der Waals surface area contributed by atoms with E-state index in [-0.39, 0.29) is 10.6 Å². The molecule has 6 heteroatoms. The fourth-order valence-corrected chi connectivity index (χ4v) is 2.82. The summed E-state index contributed by atoms with van der Waals surface area (Å²) in [5, 5.41) is 11.1. The zero-order valence-corrected chi connectivity index (χ0v) is 12.8. The first-order valence-electron chi connectivity index (χ1n) is 7.76. The minimum atomic E-state index is -0.368. The maximum absolute atomic E-state index is 11.1. The molecule has 0 radical (unpaired) electrons. The number of piperidine rings is 1. The van der Waals surface area contributed by atoms with Crippen LogP contribution in [0.5, 0.6) is 5.75 Å². The van der Waals surface area contributed by atoms with Crippen LogP contribution in [0.25, 0.3) is 0 Å². The average Bonchev–Trinajstić information content (AvgIpc) is 2.61. The Labute approximate surface area is 134 Å². The van der Waals surface area contributed by atoms with E-state index in [1.165, 1.54) is 6.07 Å². The van der Waals surface area contributed by atoms with Crippen molar-refractivity contribution in [2.24, 2.45) is 5.92 Å². The lowest BCUT2D eigenvalue weighted by Crippen LogP contribution is -2.36. The van der Waals surface area contributed by atoms with Crippen LogP contribution in [0.4, 0.5) is 11.5 Å². The number of pyridine rings is 1. The molecule has 1 fully saturated rings. The number of hydrogen-bond donors (Lipinski definition) is 0. The minimum Gasteiger partial charge on any atom is -0.493 e. The Morgan fingerprint density at radius 3 is 2.61 bits per heavy atom. The van der Waals surface area contributed by atoms with Crippen molar-refractivity contribution in [1.29, 1.82) is 0 Å². The Kier molecular flexibility index (Phi) is 4.71. The fraction of sp³-hybridized carbons (Fsp3) is 0.353. The summed E-state index contributed by atoms with van der Waals surface area (Å²) in [5.74, 6) is 1.82. The lowest BCUT2D eigenvalue weighted by atomic mass is 9.97. The van der Waals surface area contributed by atoms with Crippen molar-refractivity contribution >= 4 is 11.5 Å². The van der Waals surface area contributed by atoms with Gasteiger partial charge in [-0.1, -0.05) is 18.2 Å². The summed E-state index contributed by atoms with van der Waals surface area (Å²) in [5.41, 5.74) is 0.0754. The Balaban J connectivity index is 1.55. The molecule has 1 saturated heterocycles. The SMILES string of the molecule is O=[N+]([O-])c1cccnc1N1CCC(COc2ccccc2)CC1. The van der Waals surface area contributed by atoms with Crippen LogP contribution in [-0.2, 0) is 0 Å². The van der Waals surface area contributed by atoms with Crippen LogP contribution in [0.2, 0.25) is 0 Å². The van der Waals surface area contributed by atoms with Crippen molar-refractivity contribution in [3.8, 4) is 5.75 Å². The molecule has 0 saturated carbocycles. The van der Waals surface area contributed by atoms with E-state index in [2.05, 4.69) is 4.98 Å². The van der Waals surface area contributed by atoms with E-state index in [9.17, 15) is 10.1 Å². The van der Waals surface area contributed by atoms with Gasteiger partial charge in [-0.3, -0.25) is 10.1 Å². The van der Waals surface area contributed by atoms with E-state index >= 15 is 0 Å². The number of aromatic nitrogens is 1. The van der Waals surface area contributed by atoms with Crippen LogP contribution >= 0.6 is 0 Å². The summed E-state index contributed by atoms with van der Waals surface area (Å²) in [6.45, 7) is 2.21. The first kappa shape index (κ1) is 15.3. The zero-order valence-electron chi connectivity index (χ0n) is 12.8. The third-order valence-electron chi connectivity index (χ3n) is 4.11. The van der Waals surface area contributed by atoms with E-state index < -0.39 is 0 Å². The van der Waals surface area contributed by atoms with E-state index in [4.69, 9.17) is 4.74 Å². The topological polar surface area (TPSA) is 68.5 Å². The van der Waals surface area contributed by atoms with Gasteiger partial charge in [-0.2, -0.15) is 0 Å². The highest BCUT2D eigenvalue weighted by Crippen LogP contribution is 2.29. The van der Waals surface area contributed by atoms with E-state index in [1.807, 2.05) is 35.2 Å². The first-order chi connectivity index (χ1) is 11.2. The van der Waals surface area contributed by atoms with Crippen molar-refractivity contribution in [3.63, 3.8) is 0 Å². The van der Waals surface area contributed by atoms with Crippen LogP contribution in [0.15, 0.2) is 48.7 Å². The van der Waals surface area contributed by atoms with Gasteiger partial charge < -0.3 is 9.64 Å². The number of rotatable bonds is 5. The zero-order chi connectivity index (χ0) is 16.1. The van der Waals surface area contributed by atoms with Crippen LogP contribution in [-0.4, -0.2) is 29.6 Å². The fourth-order valence-electron chi connectivity index (χ4n) is 2.82. The van der Waals surface area contributed by atoms with Crippen molar-refractivity contribution < 1.29 is 9.66 Å². The highest BCUT2D eigenvalue weighted by Gasteiger charge is 2.25. The molecule has 2 aromatic rings. The van der Waals surface area contributed by atoms with Gasteiger partial charge in [-0.05, 0) is 37.0 Å². The van der Waals surface area contributed by atoms with Crippen molar-refractivity contribution in [2.45, 2.75) is 12.8 Å². The largest absolute Gasteiger partial charge is 0.493 e. The molecule has 0 spiro atoms. The summed E-state index contributed by atoms with van der Waals surface area (Å²) in [6, 6.07) is 12.9. The van der Waals surface area contributed by atoms with Crippen molar-refractivity contribution in [3.05, 3.63) is 58.8 Å². The van der Waals surface area contributed by atoms with Gasteiger partial charge in [0.15, 0.2) is 0 Å². The Morgan fingerprint density at radius 2 is 1.91 bits per heavy atom. The predicted octanol–water partition coefficient (Wildman–Crippen LogP) is 3.29. The number of nitro groups is 1. The number of anilines is 1. The van der Waals surface area contributed by atoms with Gasteiger partial charge in [0.1, 0.15) is 5.75 Å². The molecule has 1 aliphatic heterocycles. The monoisotopic (exact) mass is 313 g/mol. The van der Waals surface area contributed by atoms with Gasteiger partial charge in [0.25, 0.3) is 0 Å². The molecular formula is C17H19N3O3. The standard InChI is InChI=1S/C17H19N3O3/c21-20(22)16-7-4-10-18-17(16)19-11-8-14(9-12-19)13-23-15-5-2-1-3-6-15/h1-7,10,14H,8-9,11-13H2. The van der Waals surface area contributed by atoms with Crippen LogP contribution in [0.1, 0.15) is 12.8 Å². The Hall–Kier alpha value is -2.63. The first-order valence-corrected chi connectivity index (χ1v) is 7.76. The summed E-state index contributed by atoms with van der Waals surface area (Å²) in [4.78, 5) is 16.9. The lowest BCUT2D eigenvalue weighted by Gasteiger charge is -2.32. The quantitative estimate of drug-likeness (QED) is 0.626. The molecule has 2 heterocycles. The molecule has 0 unspecified atom stereocenters. The molecule has 0 atom stereocenters. The summed E-state index contributed by atoms with van der Waals surface area (Å²) in [7, 11) is 0. The van der Waals surface area contributed by atoms with E-state index in [0.29, 0.717) is 18.3 Å². The second-order valence-corrected chi connectivity index (χ2v) is 5.66. The second-order valence-electron chi connectivity index (χ2n) is 5.66. The van der Waals surface area contributed by atoms with Gasteiger partial charge in [0, 0.05) is 25.4 Å². The second kappa shape index (κ2) is 7.09. The number of hydrogen-bond acceptors (Lipinski definition) is 5. The van der Waals surface area contributed by atoms with Crippen LogP contribution in [0, 0.1) is 16.0 Å². The number of ether oxygens (including phenoxy) is 1. The predicted molar refractivity (Wildman–Crippen MR) is 87.8 cm³/mol. The van der Waals surface area contributed by atoms with E-state index in [0.717, 1.165) is 31.7 Å². The van der Waals surface area contributed by atoms with Gasteiger partial charge in [0.2, 0.25) is 5.82 Å². The van der Waals surface area contributed by atoms with Crippen molar-refractivity contribution in [1.82, 2.24) is 4.98 Å². The summed E-state index contributed by atoms with van der Waals surface area (Å²) < 4.78 is 5.81. The number of para-hydroxylation sites is 1. The van der Waals surface area contributed by atoms with E-state index in [1.54, 1.807) is 12.3 Å². The Bertz CT molecular complexity index is 655. The molecular weight excluding hydrogens is 294 g/mol. The summed E-state index contributed by atoms with van der Waals surface area (Å²) in [6.07, 6.45) is 3.49. The highest BCUT2D eigenvalue weighted by atomic mass is 16.6. The van der Waals surface area contributed by atoms with Gasteiger partial charge in [-0.15, -0.1) is 0 Å². The maximum atomic E-state index is 11.1. The molecule has 3 rings (SSSR count). The molecule has 6 nitrogen and oxygen atoms in total. The lowest BCUT2D eigenvalue weighted by molar-refractivity contribution is -0.384. The maximum Gasteiger partial charge on any atom is 0.311 e. The van der Waals surface area contributed by atoms with Crippen LogP contribution < -0.4 is 9.64 Å². The molecule has 120 valence electrons. The molecule has 1 aromatic carbocycles. The smallest absolute Gasteiger partial charge is 0.311 e. The van der Waals surface area contributed by atoms with Crippen LogP contribution in [0.3, 0.4) is 0 Å². The van der Waals surface area contributed by atoms with Crippen molar-refractivity contribution in [2.75, 3.05) is 24.6 Å². The minimum absolute atomic E-state index is 0.0754. The molecule has 0 N–H and O–H groups in total. The van der Waals surface area contributed by atoms with Gasteiger partial charge in [0.05, 0.1) is 11.5 Å². The summed E-state index contributed by atoms with van der Waals surface area (Å²) >= 11 is 0. The third kappa shape index (κ3) is 3.77. The number of benzene rings is 1. The number of nitrogens with zero attached hydrogens (tertiary/aromatic N) is 3. The highest BCUT2D eigenvalue weighted by molar-refractivity contribution is 5.57. The molecule has 0 bridgehead atoms. The Morgan fingerprint density at radius 1 is 1.17 bits per heavy atom. The molecule has 1 aromatic heterocycles. The normalized spacial score (nSPS) is 15.4. The molecule has 0 amide bonds. The van der Waals surface area contributed by atoms with Gasteiger partial charge >= 0.3 is 5.69 Å². The molecule has 1 aliphatic rings. The third-order valence-corrected chi connectivity index (χ3v) is 4.11.